The molecule has 1 heterocycles. The molecule has 8 nitrogen and oxygen atoms in total. The fourth-order valence-electron chi connectivity index (χ4n) is 3.33. The monoisotopic (exact) mass is 586 g/mol. The van der Waals surface area contributed by atoms with Crippen molar-refractivity contribution in [3.63, 3.8) is 0 Å². The number of thiocarbonyl (C=S) groups is 1. The molecule has 1 aromatic rings. The highest BCUT2D eigenvalue weighted by Crippen LogP contribution is 2.39. The molecule has 0 aliphatic carbocycles. The van der Waals surface area contributed by atoms with Gasteiger partial charge in [-0.3, -0.25) is 19.3 Å². The number of halogens is 1. The Hall–Kier alpha value is -2.11. The number of likely N-dealkylation sites (N-methyl/N-ethyl adjacent to an activating group) is 1. The molecular formula is C24H31BrN2O6S2. The fourth-order valence-corrected chi connectivity index (χ4v) is 5.22. The first kappa shape index (κ1) is 29.1. The molecule has 0 spiro atoms. The van der Waals surface area contributed by atoms with Gasteiger partial charge in [-0.15, -0.1) is 0 Å². The third-order valence-corrected chi connectivity index (χ3v) is 6.99. The molecule has 1 aliphatic rings. The van der Waals surface area contributed by atoms with Gasteiger partial charge in [0.2, 0.25) is 0 Å². The van der Waals surface area contributed by atoms with Gasteiger partial charge in [0.1, 0.15) is 4.32 Å². The van der Waals surface area contributed by atoms with Crippen LogP contribution in [0.1, 0.15) is 46.1 Å². The van der Waals surface area contributed by atoms with Crippen molar-refractivity contribution in [3.05, 3.63) is 27.1 Å². The van der Waals surface area contributed by atoms with Gasteiger partial charge in [-0.2, -0.15) is 0 Å². The third kappa shape index (κ3) is 8.22. The van der Waals surface area contributed by atoms with Gasteiger partial charge in [-0.05, 0) is 73.8 Å². The molecule has 0 aromatic heterocycles. The van der Waals surface area contributed by atoms with E-state index in [9.17, 15) is 14.4 Å². The normalized spacial score (nSPS) is 14.4. The quantitative estimate of drug-likeness (QED) is 0.188. The topological polar surface area (TPSA) is 85.4 Å². The molecule has 0 atom stereocenters. The Morgan fingerprint density at radius 3 is 2.49 bits per heavy atom. The van der Waals surface area contributed by atoms with E-state index in [4.69, 9.17) is 26.4 Å². The maximum Gasteiger partial charge on any atom is 0.305 e. The Balaban J connectivity index is 2.16. The predicted octanol–water partition coefficient (Wildman–Crippen LogP) is 4.64. The second kappa shape index (κ2) is 14.4. The number of hydrogen-bond acceptors (Lipinski definition) is 8. The second-order valence-electron chi connectivity index (χ2n) is 7.36. The van der Waals surface area contributed by atoms with E-state index < -0.39 is 0 Å². The molecule has 2 amide bonds. The van der Waals surface area contributed by atoms with E-state index >= 15 is 0 Å². The number of rotatable bonds is 13. The molecule has 192 valence electrons. The number of esters is 1. The van der Waals surface area contributed by atoms with Crippen molar-refractivity contribution in [2.24, 2.45) is 0 Å². The Morgan fingerprint density at radius 1 is 1.14 bits per heavy atom. The zero-order valence-electron chi connectivity index (χ0n) is 20.4. The average molecular weight is 588 g/mol. The van der Waals surface area contributed by atoms with Crippen LogP contribution in [-0.2, 0) is 19.1 Å². The third-order valence-electron chi connectivity index (χ3n) is 5.03. The lowest BCUT2D eigenvalue weighted by Crippen LogP contribution is -2.34. The van der Waals surface area contributed by atoms with Crippen molar-refractivity contribution >= 4 is 68.1 Å². The molecule has 0 bridgehead atoms. The summed E-state index contributed by atoms with van der Waals surface area (Å²) in [5.74, 6) is 0.285. The summed E-state index contributed by atoms with van der Waals surface area (Å²) in [5, 5.41) is 0. The number of carbonyl (C=O) groups excluding carboxylic acids is 3. The minimum atomic E-state index is -0.289. The van der Waals surface area contributed by atoms with Crippen molar-refractivity contribution in [2.75, 3.05) is 39.5 Å². The van der Waals surface area contributed by atoms with Crippen molar-refractivity contribution in [1.82, 2.24) is 9.80 Å². The highest BCUT2D eigenvalue weighted by atomic mass is 79.9. The summed E-state index contributed by atoms with van der Waals surface area (Å²) in [6.07, 6.45) is 2.44. The Bertz CT molecular complexity index is 981. The van der Waals surface area contributed by atoms with Crippen LogP contribution >= 0.6 is 39.9 Å². The molecule has 35 heavy (non-hydrogen) atoms. The van der Waals surface area contributed by atoms with Gasteiger partial charge >= 0.3 is 5.97 Å². The van der Waals surface area contributed by atoms with Crippen molar-refractivity contribution < 1.29 is 28.6 Å². The maximum absolute atomic E-state index is 12.9. The molecule has 1 aliphatic heterocycles. The Labute approximate surface area is 224 Å². The zero-order chi connectivity index (χ0) is 26.0. The van der Waals surface area contributed by atoms with Crippen LogP contribution in [0.4, 0.5) is 0 Å². The van der Waals surface area contributed by atoms with E-state index in [0.29, 0.717) is 64.5 Å². The molecule has 0 saturated carbocycles. The van der Waals surface area contributed by atoms with Crippen molar-refractivity contribution in [1.29, 1.82) is 0 Å². The number of carbonyl (C=O) groups is 3. The Morgan fingerprint density at radius 2 is 1.86 bits per heavy atom. The summed E-state index contributed by atoms with van der Waals surface area (Å²) in [4.78, 5) is 40.5. The van der Waals surface area contributed by atoms with Crippen LogP contribution < -0.4 is 9.47 Å². The molecule has 2 rings (SSSR count). The summed E-state index contributed by atoms with van der Waals surface area (Å²) >= 11 is 10.1. The van der Waals surface area contributed by atoms with Crippen LogP contribution in [0.5, 0.6) is 11.5 Å². The minimum absolute atomic E-state index is 0.107. The predicted molar refractivity (Wildman–Crippen MR) is 144 cm³/mol. The van der Waals surface area contributed by atoms with Crippen LogP contribution in [0.2, 0.25) is 0 Å². The van der Waals surface area contributed by atoms with Crippen LogP contribution in [0.3, 0.4) is 0 Å². The molecule has 11 heteroatoms. The summed E-state index contributed by atoms with van der Waals surface area (Å²) in [6.45, 7) is 9.64. The fraction of sp³-hybridized carbons (Fsp3) is 0.500. The number of amides is 2. The Kier molecular flexibility index (Phi) is 12.0. The van der Waals surface area contributed by atoms with Crippen molar-refractivity contribution in [3.8, 4) is 11.5 Å². The van der Waals surface area contributed by atoms with Gasteiger partial charge in [0, 0.05) is 26.1 Å². The lowest BCUT2D eigenvalue weighted by Gasteiger charge is -2.20. The summed E-state index contributed by atoms with van der Waals surface area (Å²) in [6, 6.07) is 3.56. The van der Waals surface area contributed by atoms with Crippen LogP contribution in [-0.4, -0.2) is 71.4 Å². The standard InChI is InChI=1S/C24H31BrN2O6S2/c1-5-26(6-2)20(28)15-33-22-17(25)12-16(13-18(22)31-7-3)14-19-23(30)27(24(34)35-19)11-9-10-21(29)32-8-4/h12-14H,5-11,15H2,1-4H3/b19-14+. The van der Waals surface area contributed by atoms with E-state index in [1.54, 1.807) is 30.0 Å². The molecule has 0 radical (unpaired) electrons. The van der Waals surface area contributed by atoms with Crippen LogP contribution in [0, 0.1) is 0 Å². The zero-order valence-corrected chi connectivity index (χ0v) is 23.6. The van der Waals surface area contributed by atoms with Gasteiger partial charge in [-0.1, -0.05) is 24.0 Å². The maximum atomic E-state index is 12.9. The minimum Gasteiger partial charge on any atom is -0.490 e. The lowest BCUT2D eigenvalue weighted by molar-refractivity contribution is -0.143. The SMILES string of the molecule is CCOC(=O)CCCN1C(=O)/C(=C\c2cc(Br)c(OCC(=O)N(CC)CC)c(OCC)c2)SC1=S. The first-order chi connectivity index (χ1) is 16.7. The molecule has 0 unspecified atom stereocenters. The highest BCUT2D eigenvalue weighted by Gasteiger charge is 2.32. The number of nitrogens with zero attached hydrogens (tertiary/aromatic N) is 2. The molecule has 0 N–H and O–H groups in total. The summed E-state index contributed by atoms with van der Waals surface area (Å²) < 4.78 is 17.5. The summed E-state index contributed by atoms with van der Waals surface area (Å²) in [7, 11) is 0. The van der Waals surface area contributed by atoms with E-state index in [-0.39, 0.29) is 30.8 Å². The first-order valence-corrected chi connectivity index (χ1v) is 13.5. The van der Waals surface area contributed by atoms with E-state index in [1.807, 2.05) is 20.8 Å². The first-order valence-electron chi connectivity index (χ1n) is 11.5. The molecule has 1 aromatic carbocycles. The average Bonchev–Trinajstić information content (AvgIpc) is 3.07. The lowest BCUT2D eigenvalue weighted by atomic mass is 10.1. The van der Waals surface area contributed by atoms with Gasteiger partial charge in [-0.25, -0.2) is 0 Å². The van der Waals surface area contributed by atoms with E-state index in [0.717, 1.165) is 5.56 Å². The van der Waals surface area contributed by atoms with Crippen molar-refractivity contribution in [2.45, 2.75) is 40.5 Å². The van der Waals surface area contributed by atoms with E-state index in [2.05, 4.69) is 15.9 Å². The van der Waals surface area contributed by atoms with Gasteiger partial charge in [0.15, 0.2) is 18.1 Å². The number of ether oxygens (including phenoxy) is 3. The van der Waals surface area contributed by atoms with E-state index in [1.165, 1.54) is 16.7 Å². The number of thioether (sulfide) groups is 1. The largest absolute Gasteiger partial charge is 0.490 e. The summed E-state index contributed by atoms with van der Waals surface area (Å²) in [5.41, 5.74) is 0.717. The second-order valence-corrected chi connectivity index (χ2v) is 9.89. The van der Waals surface area contributed by atoms with Gasteiger partial charge < -0.3 is 19.1 Å². The number of hydrogen-bond donors (Lipinski definition) is 0. The smallest absolute Gasteiger partial charge is 0.305 e. The molecular weight excluding hydrogens is 556 g/mol. The molecule has 1 saturated heterocycles. The van der Waals surface area contributed by atoms with Crippen LogP contribution in [0.15, 0.2) is 21.5 Å². The van der Waals surface area contributed by atoms with Gasteiger partial charge in [0.25, 0.3) is 11.8 Å². The van der Waals surface area contributed by atoms with Crippen LogP contribution in [0.25, 0.3) is 6.08 Å². The highest BCUT2D eigenvalue weighted by molar-refractivity contribution is 9.10. The molecule has 1 fully saturated rings. The number of benzene rings is 1. The van der Waals surface area contributed by atoms with Gasteiger partial charge in [0.05, 0.1) is 22.6 Å².